The number of nitrogens with one attached hydrogen (secondary N) is 1. The van der Waals surface area contributed by atoms with Crippen molar-refractivity contribution in [3.8, 4) is 0 Å². The maximum Gasteiger partial charge on any atom is 0.326 e. The number of carboxylic acid groups (broad SMARTS) is 1. The van der Waals surface area contributed by atoms with Crippen molar-refractivity contribution in [2.24, 2.45) is 5.92 Å². The summed E-state index contributed by atoms with van der Waals surface area (Å²) in [6.07, 6.45) is 1.99. The van der Waals surface area contributed by atoms with Gasteiger partial charge in [0.2, 0.25) is 0 Å². The quantitative estimate of drug-likeness (QED) is 0.815. The Bertz CT molecular complexity index is 746. The standard InChI is InChI=1S/C19H26N2O3/c1-5-6-11-21-15-10-8-7-9-14(15)13(4)17(21)18(22)20-16(12(2)3)19(23)24/h7-10,12,16H,5-6,11H2,1-4H3,(H,20,22)(H,23,24). The Morgan fingerprint density at radius 3 is 2.50 bits per heavy atom. The monoisotopic (exact) mass is 330 g/mol. The Morgan fingerprint density at radius 2 is 1.92 bits per heavy atom. The van der Waals surface area contributed by atoms with Crippen LogP contribution in [0.4, 0.5) is 0 Å². The second kappa shape index (κ2) is 7.51. The molecule has 2 N–H and O–H groups in total. The number of unbranched alkanes of at least 4 members (excludes halogenated alkanes) is 1. The summed E-state index contributed by atoms with van der Waals surface area (Å²) in [5.74, 6) is -1.51. The van der Waals surface area contributed by atoms with Crippen LogP contribution in [-0.4, -0.2) is 27.6 Å². The van der Waals surface area contributed by atoms with Crippen molar-refractivity contribution in [1.82, 2.24) is 9.88 Å². The molecular weight excluding hydrogens is 304 g/mol. The molecule has 0 bridgehead atoms. The zero-order chi connectivity index (χ0) is 17.9. The minimum atomic E-state index is -1.01. The van der Waals surface area contributed by atoms with E-state index in [-0.39, 0.29) is 11.8 Å². The number of aliphatic carboxylic acids is 1. The van der Waals surface area contributed by atoms with Gasteiger partial charge in [-0.2, -0.15) is 0 Å². The number of para-hydroxylation sites is 1. The van der Waals surface area contributed by atoms with E-state index in [1.54, 1.807) is 13.8 Å². The number of aromatic nitrogens is 1. The number of hydrogen-bond donors (Lipinski definition) is 2. The normalized spacial score (nSPS) is 12.5. The van der Waals surface area contributed by atoms with Gasteiger partial charge in [-0.15, -0.1) is 0 Å². The molecule has 0 saturated carbocycles. The lowest BCUT2D eigenvalue weighted by molar-refractivity contribution is -0.140. The van der Waals surface area contributed by atoms with Gasteiger partial charge >= 0.3 is 5.97 Å². The molecule has 0 aliphatic rings. The predicted octanol–water partition coefficient (Wildman–Crippen LogP) is 3.59. The molecule has 0 aliphatic heterocycles. The van der Waals surface area contributed by atoms with Gasteiger partial charge in [0.05, 0.1) is 0 Å². The topological polar surface area (TPSA) is 71.3 Å². The minimum Gasteiger partial charge on any atom is -0.480 e. The lowest BCUT2D eigenvalue weighted by Gasteiger charge is -2.19. The van der Waals surface area contributed by atoms with Crippen LogP contribution in [0.5, 0.6) is 0 Å². The van der Waals surface area contributed by atoms with Crippen LogP contribution in [0.2, 0.25) is 0 Å². The Labute approximate surface area is 142 Å². The number of amides is 1. The summed E-state index contributed by atoms with van der Waals surface area (Å²) in [5, 5.41) is 13.1. The Kier molecular flexibility index (Phi) is 5.65. The van der Waals surface area contributed by atoms with Gasteiger partial charge in [-0.3, -0.25) is 4.79 Å². The van der Waals surface area contributed by atoms with Gasteiger partial charge in [-0.1, -0.05) is 45.4 Å². The molecule has 1 aromatic heterocycles. The summed E-state index contributed by atoms with van der Waals surface area (Å²) in [6.45, 7) is 8.35. The molecule has 2 aromatic rings. The van der Waals surface area contributed by atoms with Gasteiger partial charge in [-0.05, 0) is 30.9 Å². The molecule has 5 nitrogen and oxygen atoms in total. The number of carbonyl (C=O) groups is 2. The average molecular weight is 330 g/mol. The van der Waals surface area contributed by atoms with Crippen LogP contribution >= 0.6 is 0 Å². The van der Waals surface area contributed by atoms with Gasteiger partial charge in [-0.25, -0.2) is 4.79 Å². The highest BCUT2D eigenvalue weighted by Crippen LogP contribution is 2.26. The van der Waals surface area contributed by atoms with Crippen molar-refractivity contribution in [1.29, 1.82) is 0 Å². The van der Waals surface area contributed by atoms with E-state index in [4.69, 9.17) is 0 Å². The molecule has 130 valence electrons. The molecule has 5 heteroatoms. The second-order valence-electron chi connectivity index (χ2n) is 6.53. The largest absolute Gasteiger partial charge is 0.480 e. The van der Waals surface area contributed by atoms with Crippen molar-refractivity contribution >= 4 is 22.8 Å². The van der Waals surface area contributed by atoms with Crippen LogP contribution in [0.15, 0.2) is 24.3 Å². The molecule has 1 aromatic carbocycles. The number of rotatable bonds is 7. The molecule has 1 atom stereocenters. The third-order valence-corrected chi connectivity index (χ3v) is 4.39. The van der Waals surface area contributed by atoms with Crippen LogP contribution in [0.25, 0.3) is 10.9 Å². The van der Waals surface area contributed by atoms with Crippen LogP contribution in [0, 0.1) is 12.8 Å². The first-order chi connectivity index (χ1) is 11.4. The molecule has 2 rings (SSSR count). The average Bonchev–Trinajstić information content (AvgIpc) is 2.82. The van der Waals surface area contributed by atoms with Crippen molar-refractivity contribution in [2.75, 3.05) is 0 Å². The number of carboxylic acids is 1. The van der Waals surface area contributed by atoms with E-state index in [9.17, 15) is 14.7 Å². The van der Waals surface area contributed by atoms with Gasteiger partial charge in [0.1, 0.15) is 11.7 Å². The first-order valence-corrected chi connectivity index (χ1v) is 8.50. The number of aryl methyl sites for hydroxylation is 2. The Balaban J connectivity index is 2.48. The fraction of sp³-hybridized carbons (Fsp3) is 0.474. The predicted molar refractivity (Wildman–Crippen MR) is 95.3 cm³/mol. The molecule has 0 saturated heterocycles. The highest BCUT2D eigenvalue weighted by molar-refractivity contribution is 6.02. The van der Waals surface area contributed by atoms with E-state index in [0.717, 1.165) is 35.9 Å². The maximum absolute atomic E-state index is 12.8. The summed E-state index contributed by atoms with van der Waals surface area (Å²) in [6, 6.07) is 7.03. The third-order valence-electron chi connectivity index (χ3n) is 4.39. The summed E-state index contributed by atoms with van der Waals surface area (Å²) < 4.78 is 2.02. The van der Waals surface area contributed by atoms with Crippen molar-refractivity contribution in [3.05, 3.63) is 35.5 Å². The van der Waals surface area contributed by atoms with Gasteiger partial charge in [0.15, 0.2) is 0 Å². The number of benzene rings is 1. The summed E-state index contributed by atoms with van der Waals surface area (Å²) >= 11 is 0. The smallest absolute Gasteiger partial charge is 0.326 e. The Morgan fingerprint density at radius 1 is 1.25 bits per heavy atom. The number of carbonyl (C=O) groups excluding carboxylic acids is 1. The molecule has 1 heterocycles. The second-order valence-corrected chi connectivity index (χ2v) is 6.53. The number of fused-ring (bicyclic) bond motifs is 1. The van der Waals surface area contributed by atoms with Crippen LogP contribution in [0.1, 0.15) is 49.7 Å². The summed E-state index contributed by atoms with van der Waals surface area (Å²) in [5.41, 5.74) is 2.48. The number of hydrogen-bond acceptors (Lipinski definition) is 2. The van der Waals surface area contributed by atoms with E-state index in [1.165, 1.54) is 0 Å². The molecule has 1 unspecified atom stereocenters. The molecule has 24 heavy (non-hydrogen) atoms. The zero-order valence-corrected chi connectivity index (χ0v) is 14.8. The van der Waals surface area contributed by atoms with Crippen molar-refractivity contribution in [2.45, 2.75) is 53.1 Å². The minimum absolute atomic E-state index is 0.180. The molecule has 0 fully saturated rings. The molecule has 0 spiro atoms. The highest BCUT2D eigenvalue weighted by atomic mass is 16.4. The van der Waals surface area contributed by atoms with E-state index in [0.29, 0.717) is 5.69 Å². The fourth-order valence-electron chi connectivity index (χ4n) is 3.04. The Hall–Kier alpha value is -2.30. The van der Waals surface area contributed by atoms with Crippen LogP contribution < -0.4 is 5.32 Å². The fourth-order valence-corrected chi connectivity index (χ4v) is 3.04. The lowest BCUT2D eigenvalue weighted by atomic mass is 10.0. The van der Waals surface area contributed by atoms with Crippen molar-refractivity contribution < 1.29 is 14.7 Å². The summed E-state index contributed by atoms with van der Waals surface area (Å²) in [7, 11) is 0. The molecule has 0 aliphatic carbocycles. The van der Waals surface area contributed by atoms with Crippen LogP contribution in [-0.2, 0) is 11.3 Å². The molecule has 1 amide bonds. The zero-order valence-electron chi connectivity index (χ0n) is 14.8. The number of nitrogens with zero attached hydrogens (tertiary/aromatic N) is 1. The third kappa shape index (κ3) is 3.45. The van der Waals surface area contributed by atoms with E-state index in [1.807, 2.05) is 35.8 Å². The molecular formula is C19H26N2O3. The first kappa shape index (κ1) is 18.0. The highest BCUT2D eigenvalue weighted by Gasteiger charge is 2.27. The van der Waals surface area contributed by atoms with E-state index >= 15 is 0 Å². The van der Waals surface area contributed by atoms with Gasteiger partial charge in [0, 0.05) is 17.4 Å². The summed E-state index contributed by atoms with van der Waals surface area (Å²) in [4.78, 5) is 24.2. The van der Waals surface area contributed by atoms with E-state index < -0.39 is 12.0 Å². The van der Waals surface area contributed by atoms with Gasteiger partial charge in [0.25, 0.3) is 5.91 Å². The van der Waals surface area contributed by atoms with E-state index in [2.05, 4.69) is 12.2 Å². The van der Waals surface area contributed by atoms with Gasteiger partial charge < -0.3 is 15.0 Å². The first-order valence-electron chi connectivity index (χ1n) is 8.50. The maximum atomic E-state index is 12.8. The lowest BCUT2D eigenvalue weighted by Crippen LogP contribution is -2.45. The van der Waals surface area contributed by atoms with Crippen LogP contribution in [0.3, 0.4) is 0 Å². The SMILES string of the molecule is CCCCn1c(C(=O)NC(C(=O)O)C(C)C)c(C)c2ccccc21. The van der Waals surface area contributed by atoms with Crippen molar-refractivity contribution in [3.63, 3.8) is 0 Å². The molecule has 0 radical (unpaired) electrons.